The highest BCUT2D eigenvalue weighted by atomic mass is 35.5. The number of nitrogens with two attached hydrogens (primary N) is 1. The summed E-state index contributed by atoms with van der Waals surface area (Å²) in [7, 11) is 2.16. The van der Waals surface area contributed by atoms with Crippen molar-refractivity contribution in [1.82, 2.24) is 4.90 Å². The fourth-order valence-electron chi connectivity index (χ4n) is 1.88. The second kappa shape index (κ2) is 5.87. The van der Waals surface area contributed by atoms with Gasteiger partial charge in [0.15, 0.2) is 0 Å². The molecule has 5 heteroatoms. The number of thiocarbonyl (C=S) groups is 1. The number of rotatable bonds is 6. The normalized spacial score (nSPS) is 14.8. The van der Waals surface area contributed by atoms with E-state index in [4.69, 9.17) is 29.6 Å². The summed E-state index contributed by atoms with van der Waals surface area (Å²) < 4.78 is 0. The van der Waals surface area contributed by atoms with Gasteiger partial charge in [-0.3, -0.25) is 0 Å². The number of nitrogens with one attached hydrogen (secondary N) is 1. The fraction of sp³-hybridized carbons (Fsp3) is 0.462. The second-order valence-corrected chi connectivity index (χ2v) is 5.54. The molecular weight excluding hydrogens is 266 g/mol. The Hall–Kier alpha value is -0.840. The second-order valence-electron chi connectivity index (χ2n) is 4.70. The van der Waals surface area contributed by atoms with E-state index in [1.807, 2.05) is 12.1 Å². The molecular formula is C13H18ClN3S. The van der Waals surface area contributed by atoms with E-state index >= 15 is 0 Å². The van der Waals surface area contributed by atoms with Crippen molar-refractivity contribution in [2.24, 2.45) is 5.73 Å². The van der Waals surface area contributed by atoms with Crippen molar-refractivity contribution in [1.29, 1.82) is 0 Å². The zero-order valence-corrected chi connectivity index (χ0v) is 12.0. The van der Waals surface area contributed by atoms with E-state index in [1.165, 1.54) is 12.8 Å². The number of anilines is 1. The Morgan fingerprint density at radius 1 is 1.56 bits per heavy atom. The fourth-order valence-corrected chi connectivity index (χ4v) is 2.25. The molecule has 0 unspecified atom stereocenters. The summed E-state index contributed by atoms with van der Waals surface area (Å²) in [5.74, 6) is 0. The molecule has 2 rings (SSSR count). The van der Waals surface area contributed by atoms with Gasteiger partial charge >= 0.3 is 0 Å². The molecule has 0 bridgehead atoms. The van der Waals surface area contributed by atoms with Crippen molar-refractivity contribution in [3.8, 4) is 0 Å². The molecule has 1 aromatic rings. The molecule has 3 nitrogen and oxygen atoms in total. The number of nitrogens with zero attached hydrogens (tertiary/aromatic N) is 1. The van der Waals surface area contributed by atoms with Gasteiger partial charge in [-0.2, -0.15) is 0 Å². The summed E-state index contributed by atoms with van der Waals surface area (Å²) in [6, 6.07) is 6.41. The highest BCUT2D eigenvalue weighted by Crippen LogP contribution is 2.25. The number of hydrogen-bond donors (Lipinski definition) is 2. The van der Waals surface area contributed by atoms with Gasteiger partial charge in [-0.25, -0.2) is 0 Å². The average Bonchev–Trinajstić information content (AvgIpc) is 3.14. The number of halogens is 1. The quantitative estimate of drug-likeness (QED) is 0.787. The molecule has 1 saturated carbocycles. The highest BCUT2D eigenvalue weighted by Gasteiger charge is 2.25. The predicted molar refractivity (Wildman–Crippen MR) is 81.5 cm³/mol. The Kier molecular flexibility index (Phi) is 4.43. The van der Waals surface area contributed by atoms with Crippen LogP contribution in [0.25, 0.3) is 0 Å². The zero-order valence-electron chi connectivity index (χ0n) is 10.4. The molecule has 3 N–H and O–H groups in total. The third kappa shape index (κ3) is 3.57. The monoisotopic (exact) mass is 283 g/mol. The van der Waals surface area contributed by atoms with Gasteiger partial charge in [0.25, 0.3) is 0 Å². The van der Waals surface area contributed by atoms with Gasteiger partial charge in [0.1, 0.15) is 4.99 Å². The van der Waals surface area contributed by atoms with E-state index in [0.717, 1.165) is 30.4 Å². The molecule has 0 aliphatic heterocycles. The molecule has 98 valence electrons. The minimum Gasteiger partial charge on any atom is -0.389 e. The van der Waals surface area contributed by atoms with E-state index in [9.17, 15) is 0 Å². The molecule has 0 amide bonds. The summed E-state index contributed by atoms with van der Waals surface area (Å²) >= 11 is 11.1. The van der Waals surface area contributed by atoms with Crippen LogP contribution in [0.4, 0.5) is 5.69 Å². The van der Waals surface area contributed by atoms with E-state index in [0.29, 0.717) is 10.0 Å². The first-order valence-electron chi connectivity index (χ1n) is 6.11. The minimum atomic E-state index is 0.372. The lowest BCUT2D eigenvalue weighted by Crippen LogP contribution is -2.27. The lowest BCUT2D eigenvalue weighted by molar-refractivity contribution is 0.337. The van der Waals surface area contributed by atoms with Gasteiger partial charge in [-0.1, -0.05) is 23.8 Å². The molecule has 0 spiro atoms. The van der Waals surface area contributed by atoms with Gasteiger partial charge in [0.2, 0.25) is 0 Å². The number of hydrogen-bond acceptors (Lipinski definition) is 3. The third-order valence-corrected chi connectivity index (χ3v) is 3.75. The average molecular weight is 284 g/mol. The van der Waals surface area contributed by atoms with Crippen LogP contribution in [0.2, 0.25) is 5.02 Å². The molecule has 1 aliphatic carbocycles. The molecule has 1 fully saturated rings. The maximum atomic E-state index is 6.17. The smallest absolute Gasteiger partial charge is 0.104 e. The summed E-state index contributed by atoms with van der Waals surface area (Å²) in [6.07, 6.45) is 2.67. The number of benzene rings is 1. The Morgan fingerprint density at radius 3 is 2.83 bits per heavy atom. The molecule has 0 atom stereocenters. The Bertz CT molecular complexity index is 446. The topological polar surface area (TPSA) is 41.3 Å². The van der Waals surface area contributed by atoms with Crippen molar-refractivity contribution >= 4 is 34.5 Å². The molecule has 1 aliphatic rings. The maximum absolute atomic E-state index is 6.17. The van der Waals surface area contributed by atoms with E-state index in [1.54, 1.807) is 6.07 Å². The molecule has 0 radical (unpaired) electrons. The Balaban J connectivity index is 1.86. The molecule has 18 heavy (non-hydrogen) atoms. The van der Waals surface area contributed by atoms with E-state index in [2.05, 4.69) is 17.3 Å². The van der Waals surface area contributed by atoms with Gasteiger partial charge in [-0.15, -0.1) is 0 Å². The van der Waals surface area contributed by atoms with Crippen LogP contribution in [-0.4, -0.2) is 36.1 Å². The van der Waals surface area contributed by atoms with Crippen LogP contribution in [-0.2, 0) is 0 Å². The molecule has 0 heterocycles. The van der Waals surface area contributed by atoms with Gasteiger partial charge < -0.3 is 16.0 Å². The molecule has 0 aromatic heterocycles. The summed E-state index contributed by atoms with van der Waals surface area (Å²) in [5.41, 5.74) is 7.29. The van der Waals surface area contributed by atoms with Crippen molar-refractivity contribution in [2.75, 3.05) is 25.5 Å². The van der Waals surface area contributed by atoms with Crippen LogP contribution < -0.4 is 11.1 Å². The van der Waals surface area contributed by atoms with Crippen molar-refractivity contribution in [3.63, 3.8) is 0 Å². The first kappa shape index (κ1) is 13.6. The first-order chi connectivity index (χ1) is 8.58. The van der Waals surface area contributed by atoms with Crippen LogP contribution in [0, 0.1) is 0 Å². The van der Waals surface area contributed by atoms with Crippen molar-refractivity contribution in [3.05, 3.63) is 28.8 Å². The molecule has 0 saturated heterocycles. The van der Waals surface area contributed by atoms with Crippen molar-refractivity contribution < 1.29 is 0 Å². The zero-order chi connectivity index (χ0) is 13.1. The van der Waals surface area contributed by atoms with Gasteiger partial charge in [0.05, 0.1) is 10.7 Å². The van der Waals surface area contributed by atoms with Crippen LogP contribution in [0.5, 0.6) is 0 Å². The summed E-state index contributed by atoms with van der Waals surface area (Å²) in [4.78, 5) is 2.75. The van der Waals surface area contributed by atoms with Crippen LogP contribution >= 0.6 is 23.8 Å². The predicted octanol–water partition coefficient (Wildman–Crippen LogP) is 2.48. The SMILES string of the molecule is CN(CCNc1ccc(C(N)=S)cc1Cl)C1CC1. The largest absolute Gasteiger partial charge is 0.389 e. The van der Waals surface area contributed by atoms with E-state index in [-0.39, 0.29) is 0 Å². The Labute approximate surface area is 118 Å². The summed E-state index contributed by atoms with van der Waals surface area (Å²) in [6.45, 7) is 1.91. The lowest BCUT2D eigenvalue weighted by Gasteiger charge is -2.17. The van der Waals surface area contributed by atoms with Crippen LogP contribution in [0.15, 0.2) is 18.2 Å². The van der Waals surface area contributed by atoms with Crippen molar-refractivity contribution in [2.45, 2.75) is 18.9 Å². The van der Waals surface area contributed by atoms with Gasteiger partial charge in [-0.05, 0) is 38.1 Å². The van der Waals surface area contributed by atoms with Crippen LogP contribution in [0.3, 0.4) is 0 Å². The third-order valence-electron chi connectivity index (χ3n) is 3.20. The lowest BCUT2D eigenvalue weighted by atomic mass is 10.2. The standard InChI is InChI=1S/C13H18ClN3S/c1-17(10-3-4-10)7-6-16-12-5-2-9(13(15)18)8-11(12)14/h2,5,8,10,16H,3-4,6-7H2,1H3,(H2,15,18). The van der Waals surface area contributed by atoms with E-state index < -0.39 is 0 Å². The minimum absolute atomic E-state index is 0.372. The summed E-state index contributed by atoms with van der Waals surface area (Å²) in [5, 5.41) is 4.00. The number of likely N-dealkylation sites (N-methyl/N-ethyl adjacent to an activating group) is 1. The first-order valence-corrected chi connectivity index (χ1v) is 6.90. The Morgan fingerprint density at radius 2 is 2.28 bits per heavy atom. The highest BCUT2D eigenvalue weighted by molar-refractivity contribution is 7.80. The maximum Gasteiger partial charge on any atom is 0.104 e. The van der Waals surface area contributed by atoms with Gasteiger partial charge in [0, 0.05) is 24.7 Å². The van der Waals surface area contributed by atoms with Crippen LogP contribution in [0.1, 0.15) is 18.4 Å². The molecule has 1 aromatic carbocycles.